The van der Waals surface area contributed by atoms with Crippen LogP contribution in [0, 0.1) is 0 Å². The largest absolute Gasteiger partial charge is 0.468 e. The number of carbonyl (C=O) groups is 2. The summed E-state index contributed by atoms with van der Waals surface area (Å²) >= 11 is 0. The smallest absolute Gasteiger partial charge is 0.274 e. The number of likely N-dealkylation sites (tertiary alicyclic amines) is 1. The van der Waals surface area contributed by atoms with Crippen molar-refractivity contribution in [1.82, 2.24) is 29.1 Å². The number of hydrogen-bond donors (Lipinski definition) is 0. The van der Waals surface area contributed by atoms with Gasteiger partial charge in [-0.3, -0.25) is 9.59 Å². The van der Waals surface area contributed by atoms with Gasteiger partial charge in [0, 0.05) is 53.3 Å². The van der Waals surface area contributed by atoms with Crippen LogP contribution in [0.2, 0.25) is 0 Å². The van der Waals surface area contributed by atoms with Gasteiger partial charge in [-0.25, -0.2) is 9.67 Å². The molecule has 0 radical (unpaired) electrons. The Balaban J connectivity index is 1.48. The maximum absolute atomic E-state index is 13.1. The molecule has 31 heavy (non-hydrogen) atoms. The lowest BCUT2D eigenvalue weighted by atomic mass is 9.97. The first-order valence-corrected chi connectivity index (χ1v) is 10.4. The fraction of sp³-hybridized carbons (Fsp3) is 0.455. The van der Waals surface area contributed by atoms with Crippen molar-refractivity contribution in [1.29, 1.82) is 0 Å². The van der Waals surface area contributed by atoms with Crippen LogP contribution in [0.1, 0.15) is 35.1 Å². The molecule has 0 aliphatic carbocycles. The molecule has 3 heterocycles. The van der Waals surface area contributed by atoms with Crippen molar-refractivity contribution in [3.8, 4) is 5.88 Å². The molecular weight excluding hydrogens is 396 g/mol. The molecule has 1 aromatic carbocycles. The van der Waals surface area contributed by atoms with Crippen molar-refractivity contribution >= 4 is 22.8 Å². The first-order chi connectivity index (χ1) is 14.8. The zero-order chi connectivity index (χ0) is 22.1. The van der Waals surface area contributed by atoms with Crippen LogP contribution in [-0.2, 0) is 18.9 Å². The highest BCUT2D eigenvalue weighted by molar-refractivity contribution is 5.92. The van der Waals surface area contributed by atoms with Gasteiger partial charge in [-0.05, 0) is 25.0 Å². The summed E-state index contributed by atoms with van der Waals surface area (Å²) in [5.74, 6) is 1.28. The number of carbonyl (C=O) groups excluding carboxylic acids is 2. The van der Waals surface area contributed by atoms with E-state index in [4.69, 9.17) is 9.72 Å². The minimum atomic E-state index is -0.157. The molecule has 9 heteroatoms. The van der Waals surface area contributed by atoms with Crippen LogP contribution in [0.3, 0.4) is 0 Å². The third kappa shape index (κ3) is 4.12. The number of nitrogens with zero attached hydrogens (tertiary/aromatic N) is 6. The third-order valence-corrected chi connectivity index (χ3v) is 5.79. The molecule has 1 aliphatic heterocycles. The average Bonchev–Trinajstić information content (AvgIpc) is 3.31. The van der Waals surface area contributed by atoms with Crippen molar-refractivity contribution in [2.75, 3.05) is 33.8 Å². The number of piperidine rings is 1. The number of amides is 2. The molecule has 1 fully saturated rings. The molecule has 3 aromatic rings. The number of benzene rings is 1. The first kappa shape index (κ1) is 20.9. The van der Waals surface area contributed by atoms with Gasteiger partial charge >= 0.3 is 0 Å². The van der Waals surface area contributed by atoms with Crippen LogP contribution < -0.4 is 4.74 Å². The summed E-state index contributed by atoms with van der Waals surface area (Å²) in [6.45, 7) is 1.19. The number of fused-ring (bicyclic) bond motifs is 1. The summed E-state index contributed by atoms with van der Waals surface area (Å²) in [5.41, 5.74) is 2.39. The summed E-state index contributed by atoms with van der Waals surface area (Å²) in [4.78, 5) is 33.0. The van der Waals surface area contributed by atoms with E-state index in [0.717, 1.165) is 29.7 Å². The Morgan fingerprint density at radius 2 is 2.00 bits per heavy atom. The topological polar surface area (TPSA) is 85.5 Å². The van der Waals surface area contributed by atoms with Gasteiger partial charge in [0.2, 0.25) is 5.88 Å². The van der Waals surface area contributed by atoms with Crippen LogP contribution in [0.5, 0.6) is 5.88 Å². The molecule has 0 bridgehead atoms. The summed E-state index contributed by atoms with van der Waals surface area (Å²) < 4.78 is 9.16. The summed E-state index contributed by atoms with van der Waals surface area (Å²) in [5, 5.41) is 4.31. The molecule has 1 atom stereocenters. The zero-order valence-electron chi connectivity index (χ0n) is 18.4. The minimum Gasteiger partial charge on any atom is -0.468 e. The summed E-state index contributed by atoms with van der Waals surface area (Å²) in [7, 11) is 7.07. The van der Waals surface area contributed by atoms with Gasteiger partial charge in [-0.15, -0.1) is 0 Å². The standard InChI is InChI=1S/C22H28N6O3/c1-25(2)19(29)14-31-20-12-17(24-27(20)4)22(30)28-11-7-8-15(13-28)21-23-16-9-5-6-10-18(16)26(21)3/h5-6,9-10,12,15H,7-8,11,13-14H2,1-4H3. The predicted molar refractivity (Wildman–Crippen MR) is 116 cm³/mol. The van der Waals surface area contributed by atoms with E-state index < -0.39 is 0 Å². The fourth-order valence-corrected chi connectivity index (χ4v) is 4.02. The molecule has 0 saturated carbocycles. The Kier molecular flexibility index (Phi) is 5.67. The van der Waals surface area contributed by atoms with Gasteiger partial charge in [0.05, 0.1) is 11.0 Å². The maximum atomic E-state index is 13.1. The number of imidazole rings is 1. The quantitative estimate of drug-likeness (QED) is 0.623. The molecule has 164 valence electrons. The van der Waals surface area contributed by atoms with E-state index >= 15 is 0 Å². The first-order valence-electron chi connectivity index (χ1n) is 10.4. The Labute approximate surface area is 181 Å². The minimum absolute atomic E-state index is 0.0985. The van der Waals surface area contributed by atoms with Gasteiger partial charge in [0.1, 0.15) is 5.82 Å². The van der Waals surface area contributed by atoms with E-state index in [9.17, 15) is 9.59 Å². The van der Waals surface area contributed by atoms with Crippen LogP contribution in [-0.4, -0.2) is 74.7 Å². The molecule has 1 saturated heterocycles. The van der Waals surface area contributed by atoms with E-state index in [1.807, 2.05) is 30.1 Å². The number of ether oxygens (including phenoxy) is 1. The monoisotopic (exact) mass is 424 g/mol. The average molecular weight is 425 g/mol. The van der Waals surface area contributed by atoms with E-state index in [-0.39, 0.29) is 24.3 Å². The number of aromatic nitrogens is 4. The van der Waals surface area contributed by atoms with Crippen molar-refractivity contribution in [2.45, 2.75) is 18.8 Å². The van der Waals surface area contributed by atoms with E-state index in [2.05, 4.69) is 15.7 Å². The fourth-order valence-electron chi connectivity index (χ4n) is 4.02. The van der Waals surface area contributed by atoms with Gasteiger partial charge < -0.3 is 19.1 Å². The second-order valence-electron chi connectivity index (χ2n) is 8.18. The van der Waals surface area contributed by atoms with Gasteiger partial charge in [0.25, 0.3) is 11.8 Å². The molecule has 9 nitrogen and oxygen atoms in total. The number of aryl methyl sites for hydroxylation is 2. The van der Waals surface area contributed by atoms with Gasteiger partial charge in [-0.1, -0.05) is 12.1 Å². The molecule has 1 aliphatic rings. The van der Waals surface area contributed by atoms with Crippen molar-refractivity contribution < 1.29 is 14.3 Å². The predicted octanol–water partition coefficient (Wildman–Crippen LogP) is 1.79. The Morgan fingerprint density at radius 1 is 1.23 bits per heavy atom. The van der Waals surface area contributed by atoms with Crippen molar-refractivity contribution in [3.05, 3.63) is 41.9 Å². The van der Waals surface area contributed by atoms with Crippen molar-refractivity contribution in [2.24, 2.45) is 14.1 Å². The lowest BCUT2D eigenvalue weighted by Crippen LogP contribution is -2.40. The Morgan fingerprint density at radius 3 is 2.74 bits per heavy atom. The van der Waals surface area contributed by atoms with Crippen molar-refractivity contribution in [3.63, 3.8) is 0 Å². The zero-order valence-corrected chi connectivity index (χ0v) is 18.4. The van der Waals surface area contributed by atoms with Gasteiger partial charge in [-0.2, -0.15) is 5.10 Å². The SMILES string of the molecule is CN(C)C(=O)COc1cc(C(=O)N2CCCC(c3nc4ccccc4n3C)C2)nn1C. The lowest BCUT2D eigenvalue weighted by Gasteiger charge is -2.32. The summed E-state index contributed by atoms with van der Waals surface area (Å²) in [6.07, 6.45) is 1.90. The second-order valence-corrected chi connectivity index (χ2v) is 8.18. The number of para-hydroxylation sites is 2. The Bertz CT molecular complexity index is 1120. The maximum Gasteiger partial charge on any atom is 0.274 e. The molecule has 4 rings (SSSR count). The van der Waals surface area contributed by atoms with E-state index in [1.165, 1.54) is 9.58 Å². The van der Waals surface area contributed by atoms with Crippen LogP contribution in [0.4, 0.5) is 0 Å². The molecule has 0 N–H and O–H groups in total. The highest BCUT2D eigenvalue weighted by Gasteiger charge is 2.30. The molecular formula is C22H28N6O3. The number of hydrogen-bond acceptors (Lipinski definition) is 5. The van der Waals surface area contributed by atoms with Crippen LogP contribution in [0.15, 0.2) is 30.3 Å². The number of likely N-dealkylation sites (N-methyl/N-ethyl adjacent to an activating group) is 1. The lowest BCUT2D eigenvalue weighted by molar-refractivity contribution is -0.130. The molecule has 2 amide bonds. The Hall–Kier alpha value is -3.36. The third-order valence-electron chi connectivity index (χ3n) is 5.79. The van der Waals surface area contributed by atoms with Crippen LogP contribution in [0.25, 0.3) is 11.0 Å². The van der Waals surface area contributed by atoms with E-state index in [1.54, 1.807) is 27.2 Å². The normalized spacial score (nSPS) is 16.5. The highest BCUT2D eigenvalue weighted by atomic mass is 16.5. The molecule has 0 spiro atoms. The van der Waals surface area contributed by atoms with Gasteiger partial charge in [0.15, 0.2) is 12.3 Å². The second kappa shape index (κ2) is 8.41. The molecule has 1 unspecified atom stereocenters. The number of rotatable bonds is 5. The van der Waals surface area contributed by atoms with Crippen LogP contribution >= 0.6 is 0 Å². The highest BCUT2D eigenvalue weighted by Crippen LogP contribution is 2.29. The van der Waals surface area contributed by atoms with E-state index in [0.29, 0.717) is 24.7 Å². The summed E-state index contributed by atoms with van der Waals surface area (Å²) in [6, 6.07) is 9.68. The molecule has 2 aromatic heterocycles.